The zero-order valence-corrected chi connectivity index (χ0v) is 7.79. The maximum atomic E-state index is 11.6. The number of nitrogen functional groups attached to an aromatic ring is 1. The molecule has 0 bridgehead atoms. The molecule has 0 aliphatic carbocycles. The van der Waals surface area contributed by atoms with Crippen LogP contribution in [-0.4, -0.2) is 25.0 Å². The molecule has 4 N–H and O–H groups in total. The van der Waals surface area contributed by atoms with Crippen LogP contribution in [0.25, 0.3) is 0 Å². The Hall–Kier alpha value is -1.55. The van der Waals surface area contributed by atoms with Crippen molar-refractivity contribution in [1.82, 2.24) is 10.6 Å². The summed E-state index contributed by atoms with van der Waals surface area (Å²) in [7, 11) is 0. The van der Waals surface area contributed by atoms with E-state index in [2.05, 4.69) is 10.6 Å². The highest BCUT2D eigenvalue weighted by molar-refractivity contribution is 5.94. The molecule has 1 aromatic rings. The molecule has 74 valence electrons. The number of carbonyl (C=O) groups excluding carboxylic acids is 1. The van der Waals surface area contributed by atoms with Gasteiger partial charge in [-0.25, -0.2) is 0 Å². The zero-order valence-electron chi connectivity index (χ0n) is 7.79. The van der Waals surface area contributed by atoms with E-state index in [-0.39, 0.29) is 11.9 Å². The minimum Gasteiger partial charge on any atom is -0.399 e. The summed E-state index contributed by atoms with van der Waals surface area (Å²) < 4.78 is 0. The van der Waals surface area contributed by atoms with Crippen LogP contribution in [0.15, 0.2) is 24.3 Å². The molecule has 4 heteroatoms. The number of nitrogens with one attached hydrogen (secondary N) is 2. The lowest BCUT2D eigenvalue weighted by Crippen LogP contribution is -2.56. The van der Waals surface area contributed by atoms with Gasteiger partial charge >= 0.3 is 0 Å². The lowest BCUT2D eigenvalue weighted by atomic mass is 10.1. The second kappa shape index (κ2) is 3.67. The van der Waals surface area contributed by atoms with Crippen LogP contribution in [0.5, 0.6) is 0 Å². The first-order valence-corrected chi connectivity index (χ1v) is 4.63. The Morgan fingerprint density at radius 3 is 2.50 bits per heavy atom. The SMILES string of the molecule is Nc1ccc(C(=O)NC2CNC2)cc1. The summed E-state index contributed by atoms with van der Waals surface area (Å²) in [6.07, 6.45) is 0. The summed E-state index contributed by atoms with van der Waals surface area (Å²) in [5.41, 5.74) is 6.86. The first kappa shape index (κ1) is 9.02. The second-order valence-electron chi connectivity index (χ2n) is 3.45. The topological polar surface area (TPSA) is 67.2 Å². The highest BCUT2D eigenvalue weighted by Crippen LogP contribution is 2.05. The average molecular weight is 191 g/mol. The van der Waals surface area contributed by atoms with Crippen LogP contribution in [-0.2, 0) is 0 Å². The van der Waals surface area contributed by atoms with Crippen LogP contribution in [0.2, 0.25) is 0 Å². The number of benzene rings is 1. The van der Waals surface area contributed by atoms with E-state index in [1.807, 2.05) is 0 Å². The molecule has 0 aromatic heterocycles. The minimum absolute atomic E-state index is 0.0310. The lowest BCUT2D eigenvalue weighted by Gasteiger charge is -2.27. The molecule has 2 rings (SSSR count). The first-order valence-electron chi connectivity index (χ1n) is 4.63. The van der Waals surface area contributed by atoms with E-state index in [1.54, 1.807) is 24.3 Å². The summed E-state index contributed by atoms with van der Waals surface area (Å²) in [6, 6.07) is 7.20. The van der Waals surface area contributed by atoms with E-state index >= 15 is 0 Å². The van der Waals surface area contributed by atoms with E-state index in [9.17, 15) is 4.79 Å². The molecule has 0 spiro atoms. The fourth-order valence-corrected chi connectivity index (χ4v) is 1.29. The van der Waals surface area contributed by atoms with Gasteiger partial charge in [0.15, 0.2) is 0 Å². The van der Waals surface area contributed by atoms with Crippen molar-refractivity contribution in [2.45, 2.75) is 6.04 Å². The number of rotatable bonds is 2. The first-order chi connectivity index (χ1) is 6.75. The Bertz CT molecular complexity index is 330. The molecule has 1 fully saturated rings. The van der Waals surface area contributed by atoms with E-state index in [1.165, 1.54) is 0 Å². The van der Waals surface area contributed by atoms with Gasteiger partial charge in [-0.05, 0) is 24.3 Å². The van der Waals surface area contributed by atoms with Gasteiger partial charge in [-0.2, -0.15) is 0 Å². The molecule has 1 amide bonds. The standard InChI is InChI=1S/C10H13N3O/c11-8-3-1-7(2-4-8)10(14)13-9-5-12-6-9/h1-4,9,12H,5-6,11H2,(H,13,14). The van der Waals surface area contributed by atoms with Crippen molar-refractivity contribution >= 4 is 11.6 Å². The second-order valence-corrected chi connectivity index (χ2v) is 3.45. The molecule has 0 unspecified atom stereocenters. The summed E-state index contributed by atoms with van der Waals surface area (Å²) in [5, 5.41) is 6.00. The third kappa shape index (κ3) is 1.85. The maximum absolute atomic E-state index is 11.6. The molecular weight excluding hydrogens is 178 g/mol. The van der Waals surface area contributed by atoms with Gasteiger partial charge in [-0.1, -0.05) is 0 Å². The molecule has 1 aliphatic rings. The Morgan fingerprint density at radius 2 is 2.00 bits per heavy atom. The molecule has 4 nitrogen and oxygen atoms in total. The van der Waals surface area contributed by atoms with Crippen molar-refractivity contribution in [2.24, 2.45) is 0 Å². The molecule has 1 saturated heterocycles. The minimum atomic E-state index is -0.0310. The number of hydrogen-bond acceptors (Lipinski definition) is 3. The molecular formula is C10H13N3O. The predicted octanol–water partition coefficient (Wildman–Crippen LogP) is -0.0296. The van der Waals surface area contributed by atoms with E-state index in [0.29, 0.717) is 11.3 Å². The molecule has 0 saturated carbocycles. The van der Waals surface area contributed by atoms with Gasteiger partial charge in [0.2, 0.25) is 0 Å². The van der Waals surface area contributed by atoms with Crippen molar-refractivity contribution in [3.8, 4) is 0 Å². The van der Waals surface area contributed by atoms with Crippen LogP contribution >= 0.6 is 0 Å². The van der Waals surface area contributed by atoms with Gasteiger partial charge < -0.3 is 16.4 Å². The summed E-state index contributed by atoms with van der Waals surface area (Å²) in [5.74, 6) is -0.0310. The van der Waals surface area contributed by atoms with Crippen LogP contribution in [0.1, 0.15) is 10.4 Å². The van der Waals surface area contributed by atoms with E-state index in [4.69, 9.17) is 5.73 Å². The van der Waals surface area contributed by atoms with Crippen molar-refractivity contribution in [3.63, 3.8) is 0 Å². The maximum Gasteiger partial charge on any atom is 0.251 e. The number of carbonyl (C=O) groups is 1. The number of hydrogen-bond donors (Lipinski definition) is 3. The molecule has 14 heavy (non-hydrogen) atoms. The van der Waals surface area contributed by atoms with Gasteiger partial charge in [0, 0.05) is 24.3 Å². The van der Waals surface area contributed by atoms with Gasteiger partial charge in [-0.15, -0.1) is 0 Å². The average Bonchev–Trinajstić information content (AvgIpc) is 2.12. The number of anilines is 1. The highest BCUT2D eigenvalue weighted by Gasteiger charge is 2.19. The van der Waals surface area contributed by atoms with Gasteiger partial charge in [0.05, 0.1) is 6.04 Å². The lowest BCUT2D eigenvalue weighted by molar-refractivity contribution is 0.0924. The van der Waals surface area contributed by atoms with Crippen LogP contribution < -0.4 is 16.4 Å². The van der Waals surface area contributed by atoms with Gasteiger partial charge in [-0.3, -0.25) is 4.79 Å². The van der Waals surface area contributed by atoms with Crippen LogP contribution in [0, 0.1) is 0 Å². The summed E-state index contributed by atoms with van der Waals surface area (Å²) >= 11 is 0. The Kier molecular flexibility index (Phi) is 2.37. The fraction of sp³-hybridized carbons (Fsp3) is 0.300. The van der Waals surface area contributed by atoms with Crippen molar-refractivity contribution in [1.29, 1.82) is 0 Å². The Labute approximate surface area is 82.5 Å². The quantitative estimate of drug-likeness (QED) is 0.575. The number of amides is 1. The summed E-state index contributed by atoms with van der Waals surface area (Å²) in [4.78, 5) is 11.6. The molecule has 1 aromatic carbocycles. The molecule has 1 heterocycles. The Balaban J connectivity index is 1.99. The van der Waals surface area contributed by atoms with E-state index in [0.717, 1.165) is 13.1 Å². The van der Waals surface area contributed by atoms with Crippen molar-refractivity contribution in [2.75, 3.05) is 18.8 Å². The van der Waals surface area contributed by atoms with Gasteiger partial charge in [0.1, 0.15) is 0 Å². The zero-order chi connectivity index (χ0) is 9.97. The van der Waals surface area contributed by atoms with Crippen LogP contribution in [0.4, 0.5) is 5.69 Å². The van der Waals surface area contributed by atoms with Crippen molar-refractivity contribution in [3.05, 3.63) is 29.8 Å². The van der Waals surface area contributed by atoms with Gasteiger partial charge in [0.25, 0.3) is 5.91 Å². The third-order valence-corrected chi connectivity index (χ3v) is 2.29. The Morgan fingerprint density at radius 1 is 1.36 bits per heavy atom. The third-order valence-electron chi connectivity index (χ3n) is 2.29. The number of nitrogens with two attached hydrogens (primary N) is 1. The van der Waals surface area contributed by atoms with Crippen LogP contribution in [0.3, 0.4) is 0 Å². The smallest absolute Gasteiger partial charge is 0.251 e. The molecule has 0 radical (unpaired) electrons. The van der Waals surface area contributed by atoms with E-state index < -0.39 is 0 Å². The molecule has 0 atom stereocenters. The fourth-order valence-electron chi connectivity index (χ4n) is 1.29. The normalized spacial score (nSPS) is 16.0. The molecule has 1 aliphatic heterocycles. The van der Waals surface area contributed by atoms with Crippen molar-refractivity contribution < 1.29 is 4.79 Å². The summed E-state index contributed by atoms with van der Waals surface area (Å²) in [6.45, 7) is 1.72. The highest BCUT2D eigenvalue weighted by atomic mass is 16.1. The predicted molar refractivity (Wildman–Crippen MR) is 55.0 cm³/mol. The largest absolute Gasteiger partial charge is 0.399 e. The monoisotopic (exact) mass is 191 g/mol.